The molecule has 1 saturated carbocycles. The summed E-state index contributed by atoms with van der Waals surface area (Å²) in [5.74, 6) is 1.79. The summed E-state index contributed by atoms with van der Waals surface area (Å²) in [6, 6.07) is 0. The van der Waals surface area contributed by atoms with Gasteiger partial charge in [-0.25, -0.2) is 0 Å². The molecule has 0 radical (unpaired) electrons. The van der Waals surface area contributed by atoms with Gasteiger partial charge in [0.2, 0.25) is 0 Å². The van der Waals surface area contributed by atoms with Crippen molar-refractivity contribution < 1.29 is 9.84 Å². The second-order valence-corrected chi connectivity index (χ2v) is 5.44. The quantitative estimate of drug-likeness (QED) is 0.876. The monoisotopic (exact) mass is 252 g/mol. The molecule has 1 heterocycles. The van der Waals surface area contributed by atoms with Gasteiger partial charge in [0.05, 0.1) is 13.3 Å². The molecule has 4 heteroatoms. The second kappa shape index (κ2) is 5.74. The lowest BCUT2D eigenvalue weighted by Gasteiger charge is -2.20. The van der Waals surface area contributed by atoms with Gasteiger partial charge in [-0.15, -0.1) is 0 Å². The fraction of sp³-hybridized carbons (Fsp3) is 0.786. The van der Waals surface area contributed by atoms with Crippen molar-refractivity contribution in [1.82, 2.24) is 9.78 Å². The van der Waals surface area contributed by atoms with Crippen molar-refractivity contribution in [2.45, 2.75) is 52.2 Å². The number of aryl methyl sites for hydroxylation is 1. The van der Waals surface area contributed by atoms with Crippen LogP contribution in [0.5, 0.6) is 5.75 Å². The molecule has 102 valence electrons. The maximum absolute atomic E-state index is 10.6. The van der Waals surface area contributed by atoms with E-state index >= 15 is 0 Å². The van der Waals surface area contributed by atoms with Crippen molar-refractivity contribution in [1.29, 1.82) is 0 Å². The molecule has 1 aromatic heterocycles. The summed E-state index contributed by atoms with van der Waals surface area (Å²) in [5, 5.41) is 14.9. The molecule has 0 amide bonds. The Kier molecular flexibility index (Phi) is 4.27. The molecule has 0 aliphatic heterocycles. The Labute approximate surface area is 109 Å². The van der Waals surface area contributed by atoms with E-state index in [4.69, 9.17) is 4.74 Å². The molecular formula is C14H24N2O2. The number of rotatable bonds is 5. The van der Waals surface area contributed by atoms with E-state index in [-0.39, 0.29) is 0 Å². The third-order valence-electron chi connectivity index (χ3n) is 3.96. The van der Waals surface area contributed by atoms with Gasteiger partial charge in [-0.05, 0) is 31.1 Å². The second-order valence-electron chi connectivity index (χ2n) is 5.44. The Hall–Kier alpha value is -1.03. The minimum absolute atomic E-state index is 0.348. The highest BCUT2D eigenvalue weighted by molar-refractivity contribution is 5.28. The number of aliphatic hydroxyl groups is 1. The summed E-state index contributed by atoms with van der Waals surface area (Å²) in [6.07, 6.45) is 5.69. The fourth-order valence-corrected chi connectivity index (χ4v) is 2.98. The maximum atomic E-state index is 10.6. The molecular weight excluding hydrogens is 228 g/mol. The van der Waals surface area contributed by atoms with E-state index in [1.165, 1.54) is 6.42 Å². The van der Waals surface area contributed by atoms with Crippen LogP contribution in [0.2, 0.25) is 0 Å². The van der Waals surface area contributed by atoms with Crippen molar-refractivity contribution in [2.24, 2.45) is 11.8 Å². The predicted molar refractivity (Wildman–Crippen MR) is 70.5 cm³/mol. The molecule has 1 aromatic rings. The van der Waals surface area contributed by atoms with Gasteiger partial charge in [-0.2, -0.15) is 5.10 Å². The molecule has 1 aliphatic carbocycles. The van der Waals surface area contributed by atoms with Crippen LogP contribution in [0, 0.1) is 11.8 Å². The van der Waals surface area contributed by atoms with E-state index in [2.05, 4.69) is 18.9 Å². The first-order valence-corrected chi connectivity index (χ1v) is 6.95. The SMILES string of the molecule is CCCn1ncc(OC)c1C(O)C1CCC(C)C1. The molecule has 3 atom stereocenters. The molecule has 4 nitrogen and oxygen atoms in total. The highest BCUT2D eigenvalue weighted by Gasteiger charge is 2.32. The Bertz CT molecular complexity index is 389. The average Bonchev–Trinajstić information content (AvgIpc) is 2.95. The smallest absolute Gasteiger partial charge is 0.162 e. The first-order valence-electron chi connectivity index (χ1n) is 6.95. The van der Waals surface area contributed by atoms with Crippen LogP contribution in [-0.4, -0.2) is 22.0 Å². The first-order chi connectivity index (χ1) is 8.67. The number of aromatic nitrogens is 2. The normalized spacial score (nSPS) is 25.3. The molecule has 0 bridgehead atoms. The molecule has 0 saturated heterocycles. The lowest BCUT2D eigenvalue weighted by molar-refractivity contribution is 0.0970. The van der Waals surface area contributed by atoms with Crippen LogP contribution < -0.4 is 4.74 Å². The summed E-state index contributed by atoms with van der Waals surface area (Å²) in [5.41, 5.74) is 0.860. The van der Waals surface area contributed by atoms with Gasteiger partial charge in [0.15, 0.2) is 5.75 Å². The minimum atomic E-state index is -0.445. The average molecular weight is 252 g/mol. The molecule has 0 aromatic carbocycles. The van der Waals surface area contributed by atoms with Crippen molar-refractivity contribution in [3.8, 4) is 5.75 Å². The van der Waals surface area contributed by atoms with Crippen LogP contribution in [-0.2, 0) is 6.54 Å². The van der Waals surface area contributed by atoms with Gasteiger partial charge < -0.3 is 9.84 Å². The number of hydrogen-bond donors (Lipinski definition) is 1. The molecule has 1 aliphatic rings. The third-order valence-corrected chi connectivity index (χ3v) is 3.96. The summed E-state index contributed by atoms with van der Waals surface area (Å²) in [6.45, 7) is 5.20. The fourth-order valence-electron chi connectivity index (χ4n) is 2.98. The largest absolute Gasteiger partial charge is 0.493 e. The van der Waals surface area contributed by atoms with Crippen LogP contribution in [0.25, 0.3) is 0 Å². The van der Waals surface area contributed by atoms with Gasteiger partial charge >= 0.3 is 0 Å². The number of nitrogens with zero attached hydrogens (tertiary/aromatic N) is 2. The van der Waals surface area contributed by atoms with Crippen LogP contribution >= 0.6 is 0 Å². The number of hydrogen-bond acceptors (Lipinski definition) is 3. The van der Waals surface area contributed by atoms with E-state index in [9.17, 15) is 5.11 Å². The summed E-state index contributed by atoms with van der Waals surface area (Å²) in [7, 11) is 1.64. The number of aliphatic hydroxyl groups excluding tert-OH is 1. The lowest BCUT2D eigenvalue weighted by atomic mass is 9.96. The molecule has 18 heavy (non-hydrogen) atoms. The number of methoxy groups -OCH3 is 1. The van der Waals surface area contributed by atoms with E-state index in [0.29, 0.717) is 5.92 Å². The molecule has 0 spiro atoms. The Morgan fingerprint density at radius 3 is 2.89 bits per heavy atom. The highest BCUT2D eigenvalue weighted by atomic mass is 16.5. The summed E-state index contributed by atoms with van der Waals surface area (Å²) >= 11 is 0. The first kappa shape index (κ1) is 13.4. The number of ether oxygens (including phenoxy) is 1. The minimum Gasteiger partial charge on any atom is -0.493 e. The molecule has 3 unspecified atom stereocenters. The zero-order valence-corrected chi connectivity index (χ0v) is 11.6. The molecule has 1 N–H and O–H groups in total. The summed E-state index contributed by atoms with van der Waals surface area (Å²) < 4.78 is 7.23. The van der Waals surface area contributed by atoms with E-state index in [1.54, 1.807) is 13.3 Å². The topological polar surface area (TPSA) is 47.3 Å². The highest BCUT2D eigenvalue weighted by Crippen LogP contribution is 2.41. The van der Waals surface area contributed by atoms with Crippen molar-refractivity contribution in [3.63, 3.8) is 0 Å². The van der Waals surface area contributed by atoms with Crippen molar-refractivity contribution >= 4 is 0 Å². The zero-order chi connectivity index (χ0) is 13.1. The Morgan fingerprint density at radius 2 is 2.33 bits per heavy atom. The van der Waals surface area contributed by atoms with Crippen LogP contribution in [0.3, 0.4) is 0 Å². The Morgan fingerprint density at radius 1 is 1.56 bits per heavy atom. The lowest BCUT2D eigenvalue weighted by Crippen LogP contribution is -2.16. The van der Waals surface area contributed by atoms with Crippen molar-refractivity contribution in [3.05, 3.63) is 11.9 Å². The van der Waals surface area contributed by atoms with E-state index in [1.807, 2.05) is 4.68 Å². The summed E-state index contributed by atoms with van der Waals surface area (Å²) in [4.78, 5) is 0. The third kappa shape index (κ3) is 2.53. The van der Waals surface area contributed by atoms with E-state index < -0.39 is 6.10 Å². The van der Waals surface area contributed by atoms with E-state index in [0.717, 1.165) is 43.2 Å². The standard InChI is InChI=1S/C14H24N2O2/c1-4-7-16-13(12(18-3)9-15-16)14(17)11-6-5-10(2)8-11/h9-11,14,17H,4-8H2,1-3H3. The van der Waals surface area contributed by atoms with Crippen LogP contribution in [0.1, 0.15) is 51.3 Å². The zero-order valence-electron chi connectivity index (χ0n) is 11.6. The predicted octanol–water partition coefficient (Wildman–Crippen LogP) is 2.77. The van der Waals surface area contributed by atoms with Crippen molar-refractivity contribution in [2.75, 3.05) is 7.11 Å². The van der Waals surface area contributed by atoms with Crippen LogP contribution in [0.15, 0.2) is 6.20 Å². The van der Waals surface area contributed by atoms with Gasteiger partial charge in [0, 0.05) is 6.54 Å². The van der Waals surface area contributed by atoms with Gasteiger partial charge in [-0.3, -0.25) is 4.68 Å². The molecule has 1 fully saturated rings. The van der Waals surface area contributed by atoms with Gasteiger partial charge in [0.1, 0.15) is 11.8 Å². The van der Waals surface area contributed by atoms with Gasteiger partial charge in [-0.1, -0.05) is 20.3 Å². The van der Waals surface area contributed by atoms with Crippen LogP contribution in [0.4, 0.5) is 0 Å². The molecule has 2 rings (SSSR count). The van der Waals surface area contributed by atoms with Gasteiger partial charge in [0.25, 0.3) is 0 Å². The Balaban J connectivity index is 2.21. The maximum Gasteiger partial charge on any atom is 0.162 e.